The molecular weight excluding hydrogens is 343 g/mol. The predicted octanol–water partition coefficient (Wildman–Crippen LogP) is 4.00. The second-order valence-electron chi connectivity index (χ2n) is 6.12. The third-order valence-electron chi connectivity index (χ3n) is 4.20. The lowest BCUT2D eigenvalue weighted by Gasteiger charge is -2.22. The van der Waals surface area contributed by atoms with Crippen molar-refractivity contribution in [2.24, 2.45) is 0 Å². The van der Waals surface area contributed by atoms with Gasteiger partial charge in [-0.2, -0.15) is 13.2 Å². The third-order valence-corrected chi connectivity index (χ3v) is 4.47. The van der Waals surface area contributed by atoms with E-state index in [4.69, 9.17) is 11.6 Å². The summed E-state index contributed by atoms with van der Waals surface area (Å²) in [4.78, 5) is 16.3. The number of carbonyl (C=O) groups excluding carboxylic acids is 1. The lowest BCUT2D eigenvalue weighted by Crippen LogP contribution is -2.37. The Morgan fingerprint density at radius 3 is 2.67 bits per heavy atom. The molecule has 0 unspecified atom stereocenters. The monoisotopic (exact) mass is 359 g/mol. The SMILES string of the molecule is O=C(Cc1cn2cc(C(F)(F)F)cc(Cl)c2n1)NC1CCCCC1. The average molecular weight is 360 g/mol. The quantitative estimate of drug-likeness (QED) is 0.900. The predicted molar refractivity (Wildman–Crippen MR) is 83.9 cm³/mol. The number of rotatable bonds is 3. The van der Waals surface area contributed by atoms with Gasteiger partial charge in [-0.3, -0.25) is 4.79 Å². The Morgan fingerprint density at radius 1 is 1.29 bits per heavy atom. The molecule has 4 nitrogen and oxygen atoms in total. The first-order valence-corrected chi connectivity index (χ1v) is 8.24. The molecule has 0 atom stereocenters. The van der Waals surface area contributed by atoms with E-state index >= 15 is 0 Å². The van der Waals surface area contributed by atoms with Gasteiger partial charge in [0.15, 0.2) is 5.65 Å². The zero-order valence-corrected chi connectivity index (χ0v) is 13.6. The molecule has 0 aromatic carbocycles. The van der Waals surface area contributed by atoms with E-state index in [2.05, 4.69) is 10.3 Å². The molecule has 1 N–H and O–H groups in total. The molecule has 2 aromatic rings. The molecule has 0 spiro atoms. The Hall–Kier alpha value is -1.76. The van der Waals surface area contributed by atoms with Crippen LogP contribution in [0.15, 0.2) is 18.5 Å². The molecule has 8 heteroatoms. The molecule has 0 aliphatic heterocycles. The lowest BCUT2D eigenvalue weighted by atomic mass is 9.95. The van der Waals surface area contributed by atoms with Crippen LogP contribution < -0.4 is 5.32 Å². The highest BCUT2D eigenvalue weighted by molar-refractivity contribution is 6.33. The highest BCUT2D eigenvalue weighted by atomic mass is 35.5. The second-order valence-corrected chi connectivity index (χ2v) is 6.52. The molecule has 3 rings (SSSR count). The number of hydrogen-bond donors (Lipinski definition) is 1. The van der Waals surface area contributed by atoms with Crippen LogP contribution in [0, 0.1) is 0 Å². The van der Waals surface area contributed by atoms with E-state index in [-0.39, 0.29) is 29.0 Å². The minimum absolute atomic E-state index is 0.0237. The summed E-state index contributed by atoms with van der Waals surface area (Å²) in [7, 11) is 0. The minimum Gasteiger partial charge on any atom is -0.353 e. The van der Waals surface area contributed by atoms with Crippen molar-refractivity contribution in [3.8, 4) is 0 Å². The van der Waals surface area contributed by atoms with Crippen molar-refractivity contribution in [1.29, 1.82) is 0 Å². The number of fused-ring (bicyclic) bond motifs is 1. The number of imidazole rings is 1. The molecule has 2 heterocycles. The van der Waals surface area contributed by atoms with Crippen LogP contribution >= 0.6 is 11.6 Å². The van der Waals surface area contributed by atoms with E-state index < -0.39 is 11.7 Å². The van der Waals surface area contributed by atoms with Gasteiger partial charge in [0.25, 0.3) is 0 Å². The second kappa shape index (κ2) is 6.63. The number of halogens is 4. The lowest BCUT2D eigenvalue weighted by molar-refractivity contribution is -0.137. The average Bonchev–Trinajstić information content (AvgIpc) is 2.90. The maximum Gasteiger partial charge on any atom is 0.417 e. The Labute approximate surface area is 142 Å². The Bertz CT molecular complexity index is 751. The first kappa shape index (κ1) is 17.1. The van der Waals surface area contributed by atoms with Gasteiger partial charge in [0.05, 0.1) is 22.7 Å². The van der Waals surface area contributed by atoms with E-state index in [9.17, 15) is 18.0 Å². The molecule has 130 valence electrons. The van der Waals surface area contributed by atoms with Crippen LogP contribution in [0.3, 0.4) is 0 Å². The summed E-state index contributed by atoms with van der Waals surface area (Å²) < 4.78 is 39.7. The molecule has 24 heavy (non-hydrogen) atoms. The number of pyridine rings is 1. The molecule has 1 saturated carbocycles. The molecule has 1 aliphatic carbocycles. The first-order chi connectivity index (χ1) is 11.3. The fourth-order valence-electron chi connectivity index (χ4n) is 3.04. The van der Waals surface area contributed by atoms with Crippen LogP contribution in [0.25, 0.3) is 5.65 Å². The van der Waals surface area contributed by atoms with Crippen molar-refractivity contribution in [3.63, 3.8) is 0 Å². The highest BCUT2D eigenvalue weighted by Crippen LogP contribution is 2.32. The normalized spacial score (nSPS) is 16.5. The van der Waals surface area contributed by atoms with Crippen LogP contribution in [0.5, 0.6) is 0 Å². The number of nitrogens with one attached hydrogen (secondary N) is 1. The van der Waals surface area contributed by atoms with Crippen LogP contribution in [0.2, 0.25) is 5.02 Å². The van der Waals surface area contributed by atoms with Gasteiger partial charge in [-0.05, 0) is 18.9 Å². The summed E-state index contributed by atoms with van der Waals surface area (Å²) in [5.41, 5.74) is -0.245. The summed E-state index contributed by atoms with van der Waals surface area (Å²) in [6.07, 6.45) is 3.22. The largest absolute Gasteiger partial charge is 0.417 e. The highest BCUT2D eigenvalue weighted by Gasteiger charge is 2.32. The summed E-state index contributed by atoms with van der Waals surface area (Å²) in [6.45, 7) is 0. The number of amides is 1. The molecule has 1 amide bonds. The molecule has 2 aromatic heterocycles. The summed E-state index contributed by atoms with van der Waals surface area (Å²) >= 11 is 5.89. The molecule has 0 radical (unpaired) electrons. The van der Waals surface area contributed by atoms with Crippen molar-refractivity contribution in [3.05, 3.63) is 34.7 Å². The zero-order valence-electron chi connectivity index (χ0n) is 12.9. The Balaban J connectivity index is 1.75. The summed E-state index contributed by atoms with van der Waals surface area (Å²) in [5, 5.41) is 2.87. The summed E-state index contributed by atoms with van der Waals surface area (Å²) in [6, 6.07) is 1.03. The van der Waals surface area contributed by atoms with Gasteiger partial charge < -0.3 is 9.72 Å². The van der Waals surface area contributed by atoms with Gasteiger partial charge >= 0.3 is 6.18 Å². The van der Waals surface area contributed by atoms with Gasteiger partial charge in [-0.25, -0.2) is 4.98 Å². The number of alkyl halides is 3. The molecule has 0 bridgehead atoms. The summed E-state index contributed by atoms with van der Waals surface area (Å²) in [5.74, 6) is -0.169. The number of aromatic nitrogens is 2. The first-order valence-electron chi connectivity index (χ1n) is 7.86. The van der Waals surface area contributed by atoms with Crippen molar-refractivity contribution in [1.82, 2.24) is 14.7 Å². The number of hydrogen-bond acceptors (Lipinski definition) is 2. The van der Waals surface area contributed by atoms with Crippen LogP contribution in [0.1, 0.15) is 43.4 Å². The van der Waals surface area contributed by atoms with Gasteiger partial charge in [0.1, 0.15) is 0 Å². The molecule has 1 aliphatic rings. The molecular formula is C16H17ClF3N3O. The Morgan fingerprint density at radius 2 is 2.00 bits per heavy atom. The van der Waals surface area contributed by atoms with Gasteiger partial charge in [-0.1, -0.05) is 30.9 Å². The fraction of sp³-hybridized carbons (Fsp3) is 0.500. The topological polar surface area (TPSA) is 46.4 Å². The van der Waals surface area contributed by atoms with Crippen molar-refractivity contribution < 1.29 is 18.0 Å². The third kappa shape index (κ3) is 3.83. The molecule has 1 fully saturated rings. The molecule has 0 saturated heterocycles. The van der Waals surface area contributed by atoms with Gasteiger partial charge in [0, 0.05) is 18.4 Å². The van der Waals surface area contributed by atoms with E-state index in [1.807, 2.05) is 0 Å². The van der Waals surface area contributed by atoms with Gasteiger partial charge in [0.2, 0.25) is 5.91 Å². The number of carbonyl (C=O) groups is 1. The maximum atomic E-state index is 12.8. The van der Waals surface area contributed by atoms with Crippen LogP contribution in [-0.2, 0) is 17.4 Å². The fourth-order valence-corrected chi connectivity index (χ4v) is 3.30. The smallest absolute Gasteiger partial charge is 0.353 e. The van der Waals surface area contributed by atoms with E-state index in [1.54, 1.807) is 0 Å². The van der Waals surface area contributed by atoms with E-state index in [0.717, 1.165) is 37.9 Å². The van der Waals surface area contributed by atoms with E-state index in [1.165, 1.54) is 17.0 Å². The van der Waals surface area contributed by atoms with Crippen molar-refractivity contribution >= 4 is 23.2 Å². The zero-order chi connectivity index (χ0) is 17.3. The number of nitrogens with zero attached hydrogens (tertiary/aromatic N) is 2. The maximum absolute atomic E-state index is 12.8. The standard InChI is InChI=1S/C16H17ClF3N3O/c17-13-6-10(16(18,19)20)8-23-9-12(22-15(13)23)7-14(24)21-11-4-2-1-3-5-11/h6,8-9,11H,1-5,7H2,(H,21,24). The minimum atomic E-state index is -4.49. The van der Waals surface area contributed by atoms with Gasteiger partial charge in [-0.15, -0.1) is 0 Å². The van der Waals surface area contributed by atoms with Crippen molar-refractivity contribution in [2.75, 3.05) is 0 Å². The van der Waals surface area contributed by atoms with Crippen LogP contribution in [0.4, 0.5) is 13.2 Å². The Kier molecular flexibility index (Phi) is 4.71. The van der Waals surface area contributed by atoms with Crippen molar-refractivity contribution in [2.45, 2.75) is 50.7 Å². The van der Waals surface area contributed by atoms with Crippen LogP contribution in [-0.4, -0.2) is 21.3 Å². The van der Waals surface area contributed by atoms with E-state index in [0.29, 0.717) is 5.69 Å².